The van der Waals surface area contributed by atoms with Gasteiger partial charge in [0, 0.05) is 42.6 Å². The van der Waals surface area contributed by atoms with Crippen LogP contribution >= 0.6 is 23.3 Å². The van der Waals surface area contributed by atoms with Crippen molar-refractivity contribution < 1.29 is 33.6 Å². The van der Waals surface area contributed by atoms with E-state index in [4.69, 9.17) is 21.0 Å². The van der Waals surface area contributed by atoms with E-state index in [-0.39, 0.29) is 41.6 Å². The first-order chi connectivity index (χ1) is 20.2. The van der Waals surface area contributed by atoms with Crippen LogP contribution in [0.15, 0.2) is 41.1 Å². The Morgan fingerprint density at radius 3 is 2.90 bits per heavy atom. The minimum absolute atomic E-state index is 0.0360. The van der Waals surface area contributed by atoms with Crippen molar-refractivity contribution >= 4 is 63.1 Å². The first-order valence-electron chi connectivity index (χ1n) is 12.8. The number of carboxylic acids is 1. The highest BCUT2D eigenvalue weighted by molar-refractivity contribution is 8.00. The van der Waals surface area contributed by atoms with Crippen molar-refractivity contribution in [3.05, 3.63) is 41.8 Å². The van der Waals surface area contributed by atoms with Crippen LogP contribution in [-0.4, -0.2) is 95.9 Å². The molecule has 5 rings (SSSR count). The molecule has 18 heteroatoms. The lowest BCUT2D eigenvalue weighted by Crippen LogP contribution is -2.71. The summed E-state index contributed by atoms with van der Waals surface area (Å²) < 4.78 is 12.9. The molecule has 16 nitrogen and oxygen atoms in total. The summed E-state index contributed by atoms with van der Waals surface area (Å²) in [5, 5.41) is 16.1. The van der Waals surface area contributed by atoms with Crippen LogP contribution in [0.1, 0.15) is 12.7 Å². The van der Waals surface area contributed by atoms with Crippen molar-refractivity contribution in [3.63, 3.8) is 0 Å². The second kappa shape index (κ2) is 12.4. The molecule has 3 unspecified atom stereocenters. The molecule has 3 aromatic heterocycles. The van der Waals surface area contributed by atoms with Crippen LogP contribution in [0.4, 0.5) is 5.13 Å². The topological polar surface area (TPSA) is 217 Å². The van der Waals surface area contributed by atoms with Gasteiger partial charge in [0.05, 0.1) is 12.8 Å². The Balaban J connectivity index is 1.36. The average molecular weight is 618 g/mol. The second-order valence-electron chi connectivity index (χ2n) is 9.39. The van der Waals surface area contributed by atoms with E-state index in [9.17, 15) is 19.5 Å². The Bertz CT molecular complexity index is 1590. The lowest BCUT2D eigenvalue weighted by Gasteiger charge is -2.49. The lowest BCUT2D eigenvalue weighted by molar-refractivity contribution is -0.664. The molecular formula is C24H29N10O6S2+. The highest BCUT2D eigenvalue weighted by atomic mass is 32.2. The number of carbonyl (C=O) groups excluding carboxylic acids is 2. The van der Waals surface area contributed by atoms with E-state index in [2.05, 4.69) is 24.8 Å². The SMILES string of the molecule is CCO/N=C(\C(=O)NC1C(=O)N2C(C(=O)O)=C(C[n+]3cccc4c3ncn4CC(N)COC)CSC12)c1nsc(N)n1. The minimum Gasteiger partial charge on any atom is -0.477 e. The van der Waals surface area contributed by atoms with E-state index in [0.717, 1.165) is 17.0 Å². The average Bonchev–Trinajstić information content (AvgIpc) is 3.58. The van der Waals surface area contributed by atoms with E-state index in [1.165, 1.54) is 16.7 Å². The quantitative estimate of drug-likeness (QED) is 0.0825. The first kappa shape index (κ1) is 29.4. The number of ether oxygens (including phenoxy) is 1. The summed E-state index contributed by atoms with van der Waals surface area (Å²) in [5.41, 5.74) is 13.4. The predicted octanol–water partition coefficient (Wildman–Crippen LogP) is -1.09. The number of fused-ring (bicyclic) bond motifs is 2. The summed E-state index contributed by atoms with van der Waals surface area (Å²) in [6.45, 7) is 2.96. The van der Waals surface area contributed by atoms with Gasteiger partial charge < -0.3 is 36.0 Å². The number of imidazole rings is 1. The Morgan fingerprint density at radius 1 is 1.40 bits per heavy atom. The van der Waals surface area contributed by atoms with E-state index >= 15 is 0 Å². The van der Waals surface area contributed by atoms with Gasteiger partial charge in [-0.2, -0.15) is 9.36 Å². The maximum Gasteiger partial charge on any atom is 0.352 e. The van der Waals surface area contributed by atoms with Gasteiger partial charge in [-0.25, -0.2) is 9.36 Å². The fourth-order valence-corrected chi connectivity index (χ4v) is 6.51. The van der Waals surface area contributed by atoms with Gasteiger partial charge in [-0.15, -0.1) is 11.8 Å². The molecular weight excluding hydrogens is 588 g/mol. The van der Waals surface area contributed by atoms with Crippen LogP contribution in [0.5, 0.6) is 0 Å². The number of nitrogen functional groups attached to an aromatic ring is 1. The van der Waals surface area contributed by atoms with Gasteiger partial charge in [0.15, 0.2) is 5.13 Å². The number of methoxy groups -OCH3 is 1. The fraction of sp³-hybridized carbons (Fsp3) is 0.417. The summed E-state index contributed by atoms with van der Waals surface area (Å²) in [7, 11) is 1.59. The Morgan fingerprint density at radius 2 is 2.21 bits per heavy atom. The number of hydrogen-bond acceptors (Lipinski definition) is 13. The standard InChI is InChI=1S/C24H28N10O6S2/c1-3-40-30-15(18-29-24(26)42-31-18)20(35)28-16-21(36)34-17(23(37)38)12(10-41-22(16)34)7-32-6-4-5-14-19(32)27-11-33(14)8-13(25)9-39-2/h4-6,11,13,16,22H,3,7-10,25H2,1-2H3,(H3-,26,28,29,31,35,37,38)/p+1/b30-15-. The van der Waals surface area contributed by atoms with Crippen molar-refractivity contribution in [2.24, 2.45) is 10.9 Å². The van der Waals surface area contributed by atoms with Crippen LogP contribution in [0.25, 0.3) is 11.2 Å². The fourth-order valence-electron chi connectivity index (χ4n) is 4.74. The third-order valence-electron chi connectivity index (χ3n) is 6.51. The summed E-state index contributed by atoms with van der Waals surface area (Å²) in [6, 6.07) is 2.54. The van der Waals surface area contributed by atoms with Crippen LogP contribution in [-0.2, 0) is 37.0 Å². The first-order valence-corrected chi connectivity index (χ1v) is 14.6. The van der Waals surface area contributed by atoms with Crippen molar-refractivity contribution in [3.8, 4) is 0 Å². The Kier molecular flexibility index (Phi) is 8.66. The number of anilines is 1. The van der Waals surface area contributed by atoms with Gasteiger partial charge in [-0.3, -0.25) is 14.5 Å². The maximum atomic E-state index is 13.2. The van der Waals surface area contributed by atoms with E-state index in [1.54, 1.807) is 26.6 Å². The van der Waals surface area contributed by atoms with Gasteiger partial charge in [-0.05, 0) is 24.0 Å². The smallest absolute Gasteiger partial charge is 0.352 e. The molecule has 3 atom stereocenters. The third kappa shape index (κ3) is 5.65. The number of aromatic nitrogens is 5. The van der Waals surface area contributed by atoms with Crippen molar-refractivity contribution in [2.45, 2.75) is 37.5 Å². The zero-order valence-corrected chi connectivity index (χ0v) is 24.3. The number of hydrogen-bond donors (Lipinski definition) is 4. The third-order valence-corrected chi connectivity index (χ3v) is 8.40. The molecule has 0 saturated carbocycles. The van der Waals surface area contributed by atoms with Crippen LogP contribution in [0, 0.1) is 0 Å². The molecule has 2 aliphatic heterocycles. The minimum atomic E-state index is -1.24. The van der Waals surface area contributed by atoms with Crippen LogP contribution in [0.2, 0.25) is 0 Å². The second-order valence-corrected chi connectivity index (χ2v) is 11.3. The van der Waals surface area contributed by atoms with E-state index in [1.807, 2.05) is 21.3 Å². The molecule has 5 heterocycles. The van der Waals surface area contributed by atoms with Crippen molar-refractivity contribution in [1.29, 1.82) is 0 Å². The van der Waals surface area contributed by atoms with Gasteiger partial charge in [0.2, 0.25) is 17.9 Å². The highest BCUT2D eigenvalue weighted by Crippen LogP contribution is 2.40. The number of thioether (sulfide) groups is 1. The number of nitrogens with two attached hydrogens (primary N) is 2. The molecule has 0 bridgehead atoms. The zero-order chi connectivity index (χ0) is 30.0. The number of rotatable bonds is 12. The molecule has 0 aromatic carbocycles. The van der Waals surface area contributed by atoms with Gasteiger partial charge in [0.25, 0.3) is 11.8 Å². The summed E-state index contributed by atoms with van der Waals surface area (Å²) >= 11 is 2.23. The van der Waals surface area contributed by atoms with Gasteiger partial charge >= 0.3 is 11.6 Å². The molecule has 0 spiro atoms. The number of carbonyl (C=O) groups is 3. The number of nitrogens with one attached hydrogen (secondary N) is 1. The lowest BCUT2D eigenvalue weighted by atomic mass is 10.0. The van der Waals surface area contributed by atoms with Crippen molar-refractivity contribution in [1.82, 2.24) is 29.1 Å². The molecule has 0 radical (unpaired) electrons. The number of pyridine rings is 1. The number of aliphatic carboxylic acids is 1. The highest BCUT2D eigenvalue weighted by Gasteiger charge is 2.54. The number of β-lactam (4-membered cyclic amide) rings is 1. The number of carboxylic acid groups (broad SMARTS) is 1. The van der Waals surface area contributed by atoms with E-state index in [0.29, 0.717) is 30.1 Å². The molecule has 42 heavy (non-hydrogen) atoms. The number of oxime groups is 1. The molecule has 222 valence electrons. The number of amides is 2. The van der Waals surface area contributed by atoms with Gasteiger partial charge in [-0.1, -0.05) is 5.16 Å². The van der Waals surface area contributed by atoms with E-state index < -0.39 is 29.2 Å². The molecule has 2 amide bonds. The molecule has 3 aromatic rings. The maximum absolute atomic E-state index is 13.2. The van der Waals surface area contributed by atoms with Crippen LogP contribution < -0.4 is 21.4 Å². The monoisotopic (exact) mass is 617 g/mol. The molecule has 1 fully saturated rings. The Labute approximate surface area is 247 Å². The summed E-state index contributed by atoms with van der Waals surface area (Å²) in [6.07, 6.45) is 3.48. The van der Waals surface area contributed by atoms with Crippen molar-refractivity contribution in [2.75, 3.05) is 31.8 Å². The molecule has 1 saturated heterocycles. The zero-order valence-electron chi connectivity index (χ0n) is 22.7. The van der Waals surface area contributed by atoms with Crippen LogP contribution in [0.3, 0.4) is 0 Å². The summed E-state index contributed by atoms with van der Waals surface area (Å²) in [5.74, 6) is -2.26. The summed E-state index contributed by atoms with van der Waals surface area (Å²) in [4.78, 5) is 53.4. The molecule has 6 N–H and O–H groups in total. The largest absolute Gasteiger partial charge is 0.477 e. The molecule has 0 aliphatic carbocycles. The predicted molar refractivity (Wildman–Crippen MR) is 152 cm³/mol. The number of nitrogens with zero attached hydrogens (tertiary/aromatic N) is 7. The normalized spacial score (nSPS) is 19.5. The van der Waals surface area contributed by atoms with Gasteiger partial charge in [0.1, 0.15) is 35.8 Å². The molecule has 2 aliphatic rings. The Hall–Kier alpha value is -4.13.